The number of para-hydroxylation sites is 1. The minimum Gasteiger partial charge on any atom is -0.481 e. The molecule has 0 aliphatic rings. The molecule has 4 nitrogen and oxygen atoms in total. The third kappa shape index (κ3) is 3.88. The first kappa shape index (κ1) is 15.2. The molecule has 0 aliphatic heterocycles. The normalized spacial score (nSPS) is 10.2. The van der Waals surface area contributed by atoms with Gasteiger partial charge in [0.1, 0.15) is 5.82 Å². The molecule has 0 atom stereocenters. The number of benzene rings is 2. The lowest BCUT2D eigenvalue weighted by molar-refractivity contribution is -0.136. The second-order valence-electron chi connectivity index (χ2n) is 4.31. The Balaban J connectivity index is 2.27. The van der Waals surface area contributed by atoms with Crippen molar-refractivity contribution >= 4 is 33.5 Å². The number of carboxylic acids is 1. The SMILES string of the molecule is O=C(O)Cc1ccccc1NC(=O)c1cc(F)ccc1Br. The molecule has 2 rings (SSSR count). The van der Waals surface area contributed by atoms with Crippen LogP contribution in [0, 0.1) is 5.82 Å². The first-order valence-corrected chi connectivity index (χ1v) is 6.83. The number of rotatable bonds is 4. The molecule has 0 saturated heterocycles. The molecule has 1 amide bonds. The van der Waals surface area contributed by atoms with Gasteiger partial charge in [0.2, 0.25) is 0 Å². The summed E-state index contributed by atoms with van der Waals surface area (Å²) in [5, 5.41) is 11.5. The second kappa shape index (κ2) is 6.49. The lowest BCUT2D eigenvalue weighted by Gasteiger charge is -2.10. The van der Waals surface area contributed by atoms with Crippen LogP contribution >= 0.6 is 15.9 Å². The number of anilines is 1. The number of aliphatic carboxylic acids is 1. The van der Waals surface area contributed by atoms with Gasteiger partial charge in [-0.25, -0.2) is 4.39 Å². The predicted molar refractivity (Wildman–Crippen MR) is 79.8 cm³/mol. The lowest BCUT2D eigenvalue weighted by Crippen LogP contribution is -2.15. The van der Waals surface area contributed by atoms with E-state index in [4.69, 9.17) is 5.11 Å². The van der Waals surface area contributed by atoms with E-state index in [1.807, 2.05) is 0 Å². The van der Waals surface area contributed by atoms with Crippen LogP contribution in [0.2, 0.25) is 0 Å². The van der Waals surface area contributed by atoms with Crippen molar-refractivity contribution in [3.63, 3.8) is 0 Å². The van der Waals surface area contributed by atoms with Gasteiger partial charge in [0, 0.05) is 10.2 Å². The molecule has 2 N–H and O–H groups in total. The Labute approximate surface area is 128 Å². The summed E-state index contributed by atoms with van der Waals surface area (Å²) in [5.74, 6) is -2.04. The molecule has 0 fully saturated rings. The van der Waals surface area contributed by atoms with Gasteiger partial charge in [-0.05, 0) is 45.8 Å². The van der Waals surface area contributed by atoms with Crippen LogP contribution in [0.4, 0.5) is 10.1 Å². The molecule has 0 unspecified atom stereocenters. The number of halogens is 2. The van der Waals surface area contributed by atoms with Crippen LogP contribution in [-0.2, 0) is 11.2 Å². The van der Waals surface area contributed by atoms with Crippen molar-refractivity contribution in [2.75, 3.05) is 5.32 Å². The van der Waals surface area contributed by atoms with Crippen molar-refractivity contribution < 1.29 is 19.1 Å². The van der Waals surface area contributed by atoms with Gasteiger partial charge in [-0.15, -0.1) is 0 Å². The lowest BCUT2D eigenvalue weighted by atomic mass is 10.1. The molecule has 0 bridgehead atoms. The van der Waals surface area contributed by atoms with Crippen LogP contribution in [0.3, 0.4) is 0 Å². The first-order chi connectivity index (χ1) is 9.97. The fourth-order valence-electron chi connectivity index (χ4n) is 1.82. The smallest absolute Gasteiger partial charge is 0.307 e. The zero-order valence-electron chi connectivity index (χ0n) is 10.8. The fourth-order valence-corrected chi connectivity index (χ4v) is 2.25. The average Bonchev–Trinajstić information content (AvgIpc) is 2.43. The number of carbonyl (C=O) groups is 2. The Morgan fingerprint density at radius 2 is 1.90 bits per heavy atom. The van der Waals surface area contributed by atoms with Gasteiger partial charge >= 0.3 is 5.97 Å². The zero-order valence-corrected chi connectivity index (χ0v) is 12.4. The van der Waals surface area contributed by atoms with Crippen molar-refractivity contribution in [1.29, 1.82) is 0 Å². The Morgan fingerprint density at radius 3 is 2.62 bits per heavy atom. The summed E-state index contributed by atoms with van der Waals surface area (Å²) in [6.45, 7) is 0. The van der Waals surface area contributed by atoms with Gasteiger partial charge in [-0.1, -0.05) is 18.2 Å². The van der Waals surface area contributed by atoms with Crippen molar-refractivity contribution in [3.05, 3.63) is 63.9 Å². The van der Waals surface area contributed by atoms with Gasteiger partial charge < -0.3 is 10.4 Å². The van der Waals surface area contributed by atoms with Gasteiger partial charge in [0.15, 0.2) is 0 Å². The molecule has 0 heterocycles. The number of hydrogen-bond donors (Lipinski definition) is 2. The maximum Gasteiger partial charge on any atom is 0.307 e. The molecule has 0 saturated carbocycles. The number of nitrogens with one attached hydrogen (secondary N) is 1. The highest BCUT2D eigenvalue weighted by atomic mass is 79.9. The predicted octanol–water partition coefficient (Wildman–Crippen LogP) is 3.47. The summed E-state index contributed by atoms with van der Waals surface area (Å²) >= 11 is 3.18. The number of hydrogen-bond acceptors (Lipinski definition) is 2. The topological polar surface area (TPSA) is 66.4 Å². The van der Waals surface area contributed by atoms with E-state index in [9.17, 15) is 14.0 Å². The fraction of sp³-hybridized carbons (Fsp3) is 0.0667. The van der Waals surface area contributed by atoms with Crippen molar-refractivity contribution in [1.82, 2.24) is 0 Å². The average molecular weight is 352 g/mol. The standard InChI is InChI=1S/C15H11BrFNO3/c16-12-6-5-10(17)8-11(12)15(21)18-13-4-2-1-3-9(13)7-14(19)20/h1-6,8H,7H2,(H,18,21)(H,19,20). The Kier molecular flexibility index (Phi) is 4.70. The van der Waals surface area contributed by atoms with Crippen LogP contribution in [-0.4, -0.2) is 17.0 Å². The Morgan fingerprint density at radius 1 is 1.19 bits per heavy atom. The molecular weight excluding hydrogens is 341 g/mol. The van der Waals surface area contributed by atoms with Crippen LogP contribution in [0.25, 0.3) is 0 Å². The molecule has 2 aromatic rings. The van der Waals surface area contributed by atoms with E-state index in [2.05, 4.69) is 21.2 Å². The molecular formula is C15H11BrFNO3. The Bertz CT molecular complexity index is 703. The molecule has 2 aromatic carbocycles. The second-order valence-corrected chi connectivity index (χ2v) is 5.16. The van der Waals surface area contributed by atoms with Gasteiger partial charge in [0.05, 0.1) is 12.0 Å². The van der Waals surface area contributed by atoms with E-state index in [0.717, 1.165) is 6.07 Å². The van der Waals surface area contributed by atoms with Crippen molar-refractivity contribution in [2.24, 2.45) is 0 Å². The highest BCUT2D eigenvalue weighted by molar-refractivity contribution is 9.10. The molecule has 21 heavy (non-hydrogen) atoms. The molecule has 108 valence electrons. The number of carboxylic acid groups (broad SMARTS) is 1. The first-order valence-electron chi connectivity index (χ1n) is 6.03. The monoisotopic (exact) mass is 351 g/mol. The highest BCUT2D eigenvalue weighted by Crippen LogP contribution is 2.21. The molecule has 0 aliphatic carbocycles. The van der Waals surface area contributed by atoms with Crippen molar-refractivity contribution in [2.45, 2.75) is 6.42 Å². The molecule has 0 spiro atoms. The van der Waals surface area contributed by atoms with Crippen LogP contribution in [0.1, 0.15) is 15.9 Å². The molecule has 6 heteroatoms. The summed E-state index contributed by atoms with van der Waals surface area (Å²) in [6.07, 6.45) is -0.208. The third-order valence-electron chi connectivity index (χ3n) is 2.78. The zero-order chi connectivity index (χ0) is 15.4. The summed E-state index contributed by atoms with van der Waals surface area (Å²) in [4.78, 5) is 23.0. The maximum atomic E-state index is 13.2. The quantitative estimate of drug-likeness (QED) is 0.886. The largest absolute Gasteiger partial charge is 0.481 e. The summed E-state index contributed by atoms with van der Waals surface area (Å²) < 4.78 is 13.7. The van der Waals surface area contributed by atoms with E-state index < -0.39 is 17.7 Å². The van der Waals surface area contributed by atoms with Gasteiger partial charge in [0.25, 0.3) is 5.91 Å². The van der Waals surface area contributed by atoms with E-state index >= 15 is 0 Å². The van der Waals surface area contributed by atoms with Crippen LogP contribution in [0.5, 0.6) is 0 Å². The van der Waals surface area contributed by atoms with E-state index in [1.54, 1.807) is 24.3 Å². The van der Waals surface area contributed by atoms with Gasteiger partial charge in [-0.2, -0.15) is 0 Å². The summed E-state index contributed by atoms with van der Waals surface area (Å²) in [6, 6.07) is 10.4. The van der Waals surface area contributed by atoms with Gasteiger partial charge in [-0.3, -0.25) is 9.59 Å². The highest BCUT2D eigenvalue weighted by Gasteiger charge is 2.14. The molecule has 0 aromatic heterocycles. The van der Waals surface area contributed by atoms with E-state index in [-0.39, 0.29) is 12.0 Å². The number of carbonyl (C=O) groups excluding carboxylic acids is 1. The van der Waals surface area contributed by atoms with E-state index in [1.165, 1.54) is 12.1 Å². The summed E-state index contributed by atoms with van der Waals surface area (Å²) in [5.41, 5.74) is 1.01. The number of amides is 1. The third-order valence-corrected chi connectivity index (χ3v) is 3.47. The summed E-state index contributed by atoms with van der Waals surface area (Å²) in [7, 11) is 0. The van der Waals surface area contributed by atoms with Crippen LogP contribution in [0.15, 0.2) is 46.9 Å². The minimum absolute atomic E-state index is 0.139. The van der Waals surface area contributed by atoms with Crippen LogP contribution < -0.4 is 5.32 Å². The Hall–Kier alpha value is -2.21. The van der Waals surface area contributed by atoms with E-state index in [0.29, 0.717) is 15.7 Å². The van der Waals surface area contributed by atoms with Crippen molar-refractivity contribution in [3.8, 4) is 0 Å². The minimum atomic E-state index is -0.997. The molecule has 0 radical (unpaired) electrons. The maximum absolute atomic E-state index is 13.2.